The van der Waals surface area contributed by atoms with E-state index in [0.29, 0.717) is 23.9 Å². The zero-order valence-electron chi connectivity index (χ0n) is 18.6. The van der Waals surface area contributed by atoms with Crippen LogP contribution >= 0.6 is 23.8 Å². The van der Waals surface area contributed by atoms with Gasteiger partial charge >= 0.3 is 0 Å². The summed E-state index contributed by atoms with van der Waals surface area (Å²) in [6.07, 6.45) is 14.7. The molecule has 0 spiro atoms. The minimum Gasteiger partial charge on any atom is -0.376 e. The Bertz CT molecular complexity index is 826. The number of thiocarbonyl (C=S) groups is 1. The lowest BCUT2D eigenvalue weighted by Crippen LogP contribution is -2.66. The van der Waals surface area contributed by atoms with Crippen molar-refractivity contribution in [2.75, 3.05) is 0 Å². The first kappa shape index (κ1) is 20.9. The molecule has 2 atom stereocenters. The highest BCUT2D eigenvalue weighted by molar-refractivity contribution is 7.80. The molecule has 0 heterocycles. The van der Waals surface area contributed by atoms with Crippen molar-refractivity contribution in [1.82, 2.24) is 5.32 Å². The van der Waals surface area contributed by atoms with Crippen LogP contribution in [0.25, 0.3) is 0 Å². The van der Waals surface area contributed by atoms with E-state index in [-0.39, 0.29) is 15.7 Å². The molecule has 6 saturated carbocycles. The van der Waals surface area contributed by atoms with Crippen LogP contribution in [0.2, 0.25) is 0 Å². The fourth-order valence-electron chi connectivity index (χ4n) is 8.24. The van der Waals surface area contributed by atoms with Gasteiger partial charge in [-0.3, -0.25) is 0 Å². The molecule has 6 aliphatic carbocycles. The molecular weight excluding hydrogens is 420 g/mol. The molecule has 3 N–H and O–H groups in total. The quantitative estimate of drug-likeness (QED) is 0.415. The second kappa shape index (κ2) is 7.43. The third-order valence-corrected chi connectivity index (χ3v) is 11.2. The second-order valence-electron chi connectivity index (χ2n) is 12.0. The van der Waals surface area contributed by atoms with Gasteiger partial charge in [0, 0.05) is 17.5 Å². The Balaban J connectivity index is 1.31. The molecule has 168 valence electrons. The highest BCUT2D eigenvalue weighted by Gasteiger charge is 2.68. The summed E-state index contributed by atoms with van der Waals surface area (Å²) >= 11 is 13.9. The third-order valence-electron chi connectivity index (χ3n) is 9.86. The first-order chi connectivity index (χ1) is 14.9. The van der Waals surface area contributed by atoms with Gasteiger partial charge in [-0.15, -0.1) is 11.6 Å². The minimum atomic E-state index is 0.0105. The van der Waals surface area contributed by atoms with Crippen LogP contribution in [-0.2, 0) is 5.41 Å². The maximum absolute atomic E-state index is 7.61. The number of nitrogens with one attached hydrogen (secondary N) is 1. The standard InChI is InChI=1S/C27H37ClN2S/c28-27(12-18-6-7-18)20-13-25(19-4-2-1-3-5-19)14-21(27)16-26(15-20,17-25)24(31)30-23-10-8-22(29)9-11-23/h1-5,18,20-23H,6-17,29H2,(H,30,31)/t20?,21?,22-,23-,25?,26?,27?. The zero-order valence-corrected chi connectivity index (χ0v) is 20.2. The van der Waals surface area contributed by atoms with Crippen molar-refractivity contribution in [3.8, 4) is 0 Å². The molecule has 1 aromatic rings. The lowest BCUT2D eigenvalue weighted by Gasteiger charge is -2.68. The molecule has 2 unspecified atom stereocenters. The Hall–Kier alpha value is -0.640. The summed E-state index contributed by atoms with van der Waals surface area (Å²) in [5.41, 5.74) is 8.08. The molecule has 2 nitrogen and oxygen atoms in total. The van der Waals surface area contributed by atoms with E-state index in [9.17, 15) is 0 Å². The molecule has 6 fully saturated rings. The van der Waals surface area contributed by atoms with Crippen molar-refractivity contribution in [2.45, 2.75) is 99.4 Å². The monoisotopic (exact) mass is 456 g/mol. The van der Waals surface area contributed by atoms with Crippen molar-refractivity contribution in [3.63, 3.8) is 0 Å². The van der Waals surface area contributed by atoms with E-state index >= 15 is 0 Å². The normalized spacial score (nSPS) is 46.1. The van der Waals surface area contributed by atoms with Crippen molar-refractivity contribution in [3.05, 3.63) is 35.9 Å². The number of hydrogen-bond acceptors (Lipinski definition) is 2. The van der Waals surface area contributed by atoms with E-state index < -0.39 is 0 Å². The molecule has 0 amide bonds. The van der Waals surface area contributed by atoms with Gasteiger partial charge in [-0.25, -0.2) is 0 Å². The average molecular weight is 457 g/mol. The predicted octanol–water partition coefficient (Wildman–Crippen LogP) is 6.10. The zero-order chi connectivity index (χ0) is 21.3. The molecule has 1 aromatic carbocycles. The van der Waals surface area contributed by atoms with Crippen LogP contribution in [0, 0.1) is 23.2 Å². The van der Waals surface area contributed by atoms with Crippen LogP contribution in [-0.4, -0.2) is 21.9 Å². The van der Waals surface area contributed by atoms with Gasteiger partial charge in [-0.05, 0) is 92.9 Å². The lowest BCUT2D eigenvalue weighted by molar-refractivity contribution is -0.0715. The smallest absolute Gasteiger partial charge is 0.0818 e. The number of nitrogens with two attached hydrogens (primary N) is 1. The largest absolute Gasteiger partial charge is 0.376 e. The van der Waals surface area contributed by atoms with Crippen molar-refractivity contribution >= 4 is 28.8 Å². The molecule has 6 aliphatic rings. The molecule has 4 bridgehead atoms. The van der Waals surface area contributed by atoms with Crippen LogP contribution in [0.3, 0.4) is 0 Å². The van der Waals surface area contributed by atoms with E-state index in [1.807, 2.05) is 0 Å². The fraction of sp³-hybridized carbons (Fsp3) is 0.741. The van der Waals surface area contributed by atoms with Gasteiger partial charge in [-0.2, -0.15) is 0 Å². The maximum Gasteiger partial charge on any atom is 0.0818 e. The first-order valence-corrected chi connectivity index (χ1v) is 13.5. The van der Waals surface area contributed by atoms with Crippen molar-refractivity contribution in [1.29, 1.82) is 0 Å². The van der Waals surface area contributed by atoms with E-state index in [4.69, 9.17) is 29.6 Å². The van der Waals surface area contributed by atoms with Crippen LogP contribution in [0.4, 0.5) is 0 Å². The van der Waals surface area contributed by atoms with Gasteiger partial charge in [0.15, 0.2) is 0 Å². The molecule has 0 aromatic heterocycles. The lowest BCUT2D eigenvalue weighted by atomic mass is 9.39. The van der Waals surface area contributed by atoms with Crippen LogP contribution in [0.1, 0.15) is 82.6 Å². The number of benzene rings is 1. The maximum atomic E-state index is 7.61. The average Bonchev–Trinajstić information content (AvgIpc) is 3.58. The highest BCUT2D eigenvalue weighted by atomic mass is 35.5. The van der Waals surface area contributed by atoms with E-state index in [0.717, 1.165) is 36.6 Å². The molecule has 4 heteroatoms. The highest BCUT2D eigenvalue weighted by Crippen LogP contribution is 2.72. The molecule has 0 aliphatic heterocycles. The topological polar surface area (TPSA) is 38.0 Å². The second-order valence-corrected chi connectivity index (χ2v) is 13.1. The Morgan fingerprint density at radius 1 is 0.968 bits per heavy atom. The number of hydrogen-bond donors (Lipinski definition) is 2. The van der Waals surface area contributed by atoms with Gasteiger partial charge in [0.1, 0.15) is 0 Å². The Kier molecular flexibility index (Phi) is 5.02. The summed E-state index contributed by atoms with van der Waals surface area (Å²) in [7, 11) is 0. The Morgan fingerprint density at radius 3 is 2.23 bits per heavy atom. The van der Waals surface area contributed by atoms with Gasteiger partial charge in [-0.1, -0.05) is 55.4 Å². The molecule has 0 radical (unpaired) electrons. The van der Waals surface area contributed by atoms with Gasteiger partial charge in [0.25, 0.3) is 0 Å². The van der Waals surface area contributed by atoms with Crippen LogP contribution in [0.5, 0.6) is 0 Å². The van der Waals surface area contributed by atoms with E-state index in [1.165, 1.54) is 56.9 Å². The number of halogens is 1. The number of rotatable bonds is 5. The molecule has 7 rings (SSSR count). The third kappa shape index (κ3) is 3.49. The van der Waals surface area contributed by atoms with Gasteiger partial charge in [0.05, 0.1) is 9.86 Å². The SMILES string of the molecule is N[C@H]1CC[C@H](NC(=S)C23CC4CC(c5ccccc5)(CC(C2)C4(Cl)CC2CC2)C3)CC1. The molecule has 0 saturated heterocycles. The first-order valence-electron chi connectivity index (χ1n) is 12.7. The Labute approximate surface area is 198 Å². The summed E-state index contributed by atoms with van der Waals surface area (Å²) < 4.78 is 0. The summed E-state index contributed by atoms with van der Waals surface area (Å²) in [6.45, 7) is 0. The minimum absolute atomic E-state index is 0.0105. The van der Waals surface area contributed by atoms with Crippen molar-refractivity contribution in [2.24, 2.45) is 28.9 Å². The Morgan fingerprint density at radius 2 is 1.61 bits per heavy atom. The summed E-state index contributed by atoms with van der Waals surface area (Å²) in [5.74, 6) is 2.07. The summed E-state index contributed by atoms with van der Waals surface area (Å²) in [4.78, 5) is 1.17. The summed E-state index contributed by atoms with van der Waals surface area (Å²) in [5, 5.41) is 3.88. The van der Waals surface area contributed by atoms with Gasteiger partial charge < -0.3 is 11.1 Å². The van der Waals surface area contributed by atoms with Crippen LogP contribution < -0.4 is 11.1 Å². The molecular formula is C27H37ClN2S. The van der Waals surface area contributed by atoms with Crippen LogP contribution in [0.15, 0.2) is 30.3 Å². The van der Waals surface area contributed by atoms with E-state index in [2.05, 4.69) is 35.6 Å². The predicted molar refractivity (Wildman–Crippen MR) is 133 cm³/mol. The van der Waals surface area contributed by atoms with Gasteiger partial charge in [0.2, 0.25) is 0 Å². The van der Waals surface area contributed by atoms with E-state index in [1.54, 1.807) is 0 Å². The fourth-order valence-corrected chi connectivity index (χ4v) is 9.17. The molecule has 31 heavy (non-hydrogen) atoms. The van der Waals surface area contributed by atoms with Crippen molar-refractivity contribution < 1.29 is 0 Å². The summed E-state index contributed by atoms with van der Waals surface area (Å²) in [6, 6.07) is 12.2. The number of alkyl halides is 1.